The Bertz CT molecular complexity index is 535. The van der Waals surface area contributed by atoms with E-state index in [9.17, 15) is 9.59 Å². The highest BCUT2D eigenvalue weighted by Crippen LogP contribution is 2.14. The van der Waals surface area contributed by atoms with Gasteiger partial charge in [0.15, 0.2) is 6.61 Å². The Balaban J connectivity index is 1.81. The summed E-state index contributed by atoms with van der Waals surface area (Å²) in [6.07, 6.45) is 0. The van der Waals surface area contributed by atoms with E-state index in [2.05, 4.69) is 5.10 Å². The molecule has 2 heterocycles. The standard InChI is InChI=1S/C13H20N4O4/c1-9-13(14)10(2)17(15-9)7-12(19)21-8-11(18)16-3-5-20-6-4-16/h3-8,14H2,1-2H3. The number of rotatable bonds is 4. The molecule has 0 spiro atoms. The number of esters is 1. The van der Waals surface area contributed by atoms with Gasteiger partial charge in [-0.3, -0.25) is 14.3 Å². The van der Waals surface area contributed by atoms with Gasteiger partial charge in [0.2, 0.25) is 0 Å². The molecule has 0 radical (unpaired) electrons. The van der Waals surface area contributed by atoms with Gasteiger partial charge in [-0.15, -0.1) is 0 Å². The van der Waals surface area contributed by atoms with Crippen LogP contribution in [0.3, 0.4) is 0 Å². The van der Waals surface area contributed by atoms with Crippen molar-refractivity contribution in [2.45, 2.75) is 20.4 Å². The van der Waals surface area contributed by atoms with Crippen molar-refractivity contribution in [2.24, 2.45) is 0 Å². The van der Waals surface area contributed by atoms with Gasteiger partial charge in [0.25, 0.3) is 5.91 Å². The molecule has 1 aliphatic rings. The molecule has 1 aliphatic heterocycles. The van der Waals surface area contributed by atoms with E-state index < -0.39 is 5.97 Å². The van der Waals surface area contributed by atoms with Gasteiger partial charge in [-0.05, 0) is 13.8 Å². The van der Waals surface area contributed by atoms with E-state index in [0.29, 0.717) is 43.4 Å². The van der Waals surface area contributed by atoms with Crippen molar-refractivity contribution < 1.29 is 19.1 Å². The molecule has 1 amide bonds. The molecule has 1 fully saturated rings. The highest BCUT2D eigenvalue weighted by atomic mass is 16.5. The lowest BCUT2D eigenvalue weighted by molar-refractivity contribution is -0.154. The molecule has 8 nitrogen and oxygen atoms in total. The topological polar surface area (TPSA) is 99.7 Å². The second-order valence-corrected chi connectivity index (χ2v) is 4.90. The fourth-order valence-corrected chi connectivity index (χ4v) is 2.08. The highest BCUT2D eigenvalue weighted by Gasteiger charge is 2.19. The molecule has 0 saturated carbocycles. The zero-order valence-electron chi connectivity index (χ0n) is 12.3. The van der Waals surface area contributed by atoms with Crippen LogP contribution in [0.25, 0.3) is 0 Å². The summed E-state index contributed by atoms with van der Waals surface area (Å²) in [6, 6.07) is 0. The first-order valence-electron chi connectivity index (χ1n) is 6.79. The number of ether oxygens (including phenoxy) is 2. The monoisotopic (exact) mass is 296 g/mol. The first-order valence-corrected chi connectivity index (χ1v) is 6.79. The molecule has 0 bridgehead atoms. The lowest BCUT2D eigenvalue weighted by Crippen LogP contribution is -2.42. The third-order valence-electron chi connectivity index (χ3n) is 3.44. The van der Waals surface area contributed by atoms with Gasteiger partial charge in [0, 0.05) is 13.1 Å². The number of aryl methyl sites for hydroxylation is 1. The average molecular weight is 296 g/mol. The highest BCUT2D eigenvalue weighted by molar-refractivity contribution is 5.80. The number of nitrogen functional groups attached to an aromatic ring is 1. The SMILES string of the molecule is Cc1nn(CC(=O)OCC(=O)N2CCOCC2)c(C)c1N. The number of morpholine rings is 1. The van der Waals surface area contributed by atoms with E-state index in [1.807, 2.05) is 0 Å². The van der Waals surface area contributed by atoms with Crippen LogP contribution in [0, 0.1) is 13.8 Å². The van der Waals surface area contributed by atoms with Crippen LogP contribution >= 0.6 is 0 Å². The van der Waals surface area contributed by atoms with Crippen LogP contribution in [0.4, 0.5) is 5.69 Å². The quantitative estimate of drug-likeness (QED) is 0.751. The van der Waals surface area contributed by atoms with Crippen molar-refractivity contribution in [1.82, 2.24) is 14.7 Å². The fourth-order valence-electron chi connectivity index (χ4n) is 2.08. The van der Waals surface area contributed by atoms with E-state index in [4.69, 9.17) is 15.2 Å². The summed E-state index contributed by atoms with van der Waals surface area (Å²) in [5, 5.41) is 4.15. The Morgan fingerprint density at radius 1 is 1.33 bits per heavy atom. The number of nitrogens with two attached hydrogens (primary N) is 1. The minimum Gasteiger partial charge on any atom is -0.454 e. The van der Waals surface area contributed by atoms with Crippen LogP contribution in [0.1, 0.15) is 11.4 Å². The number of aromatic nitrogens is 2. The molecule has 0 atom stereocenters. The Kier molecular flexibility index (Phi) is 4.79. The first-order chi connectivity index (χ1) is 9.99. The number of nitrogens with zero attached hydrogens (tertiary/aromatic N) is 3. The predicted octanol–water partition coefficient (Wildman–Crippen LogP) is -0.516. The zero-order chi connectivity index (χ0) is 15.4. The third kappa shape index (κ3) is 3.72. The Morgan fingerprint density at radius 2 is 2.00 bits per heavy atom. The van der Waals surface area contributed by atoms with E-state index >= 15 is 0 Å². The van der Waals surface area contributed by atoms with Crippen LogP contribution in [-0.4, -0.2) is 59.5 Å². The minimum atomic E-state index is -0.512. The summed E-state index contributed by atoms with van der Waals surface area (Å²) in [6.45, 7) is 5.34. The lowest BCUT2D eigenvalue weighted by Gasteiger charge is -2.26. The molecule has 1 aromatic heterocycles. The predicted molar refractivity (Wildman–Crippen MR) is 74.5 cm³/mol. The van der Waals surface area contributed by atoms with E-state index in [1.54, 1.807) is 18.7 Å². The normalized spacial score (nSPS) is 15.0. The summed E-state index contributed by atoms with van der Waals surface area (Å²) < 4.78 is 11.6. The van der Waals surface area contributed by atoms with Crippen molar-refractivity contribution in [1.29, 1.82) is 0 Å². The molecular weight excluding hydrogens is 276 g/mol. The molecule has 0 aromatic carbocycles. The molecule has 2 rings (SSSR count). The van der Waals surface area contributed by atoms with Crippen LogP contribution in [0.5, 0.6) is 0 Å². The average Bonchev–Trinajstić information content (AvgIpc) is 2.73. The Morgan fingerprint density at radius 3 is 2.57 bits per heavy atom. The zero-order valence-corrected chi connectivity index (χ0v) is 12.3. The fraction of sp³-hybridized carbons (Fsp3) is 0.615. The number of anilines is 1. The number of carbonyl (C=O) groups is 2. The van der Waals surface area contributed by atoms with Crippen LogP contribution in [0.15, 0.2) is 0 Å². The molecule has 1 aromatic rings. The summed E-state index contributed by atoms with van der Waals surface area (Å²) in [7, 11) is 0. The van der Waals surface area contributed by atoms with Crippen molar-refractivity contribution in [3.8, 4) is 0 Å². The van der Waals surface area contributed by atoms with Crippen molar-refractivity contribution in [2.75, 3.05) is 38.6 Å². The number of carbonyl (C=O) groups excluding carboxylic acids is 2. The molecule has 116 valence electrons. The number of amides is 1. The molecule has 1 saturated heterocycles. The van der Waals surface area contributed by atoms with Gasteiger partial charge in [-0.2, -0.15) is 5.10 Å². The van der Waals surface area contributed by atoms with Gasteiger partial charge in [-0.1, -0.05) is 0 Å². The summed E-state index contributed by atoms with van der Waals surface area (Å²) in [5.41, 5.74) is 7.74. The molecule has 2 N–H and O–H groups in total. The molecule has 21 heavy (non-hydrogen) atoms. The maximum Gasteiger partial charge on any atom is 0.328 e. The van der Waals surface area contributed by atoms with Gasteiger partial charge >= 0.3 is 5.97 Å². The maximum atomic E-state index is 11.8. The molecule has 0 unspecified atom stereocenters. The first kappa shape index (κ1) is 15.3. The van der Waals surface area contributed by atoms with Crippen LogP contribution < -0.4 is 5.73 Å². The molecular formula is C13H20N4O4. The van der Waals surface area contributed by atoms with Crippen molar-refractivity contribution in [3.63, 3.8) is 0 Å². The van der Waals surface area contributed by atoms with Gasteiger partial charge < -0.3 is 20.1 Å². The maximum absolute atomic E-state index is 11.8. The number of hydrogen-bond acceptors (Lipinski definition) is 6. The van der Waals surface area contributed by atoms with Gasteiger partial charge in [0.05, 0.1) is 30.3 Å². The van der Waals surface area contributed by atoms with Crippen LogP contribution in [-0.2, 0) is 25.6 Å². The minimum absolute atomic E-state index is 0.0553. The van der Waals surface area contributed by atoms with E-state index in [1.165, 1.54) is 4.68 Å². The third-order valence-corrected chi connectivity index (χ3v) is 3.44. The van der Waals surface area contributed by atoms with E-state index in [0.717, 1.165) is 0 Å². The smallest absolute Gasteiger partial charge is 0.328 e. The lowest BCUT2D eigenvalue weighted by atomic mass is 10.3. The summed E-state index contributed by atoms with van der Waals surface area (Å²) >= 11 is 0. The number of hydrogen-bond donors (Lipinski definition) is 1. The van der Waals surface area contributed by atoms with E-state index in [-0.39, 0.29) is 19.1 Å². The van der Waals surface area contributed by atoms with Gasteiger partial charge in [0.1, 0.15) is 6.54 Å². The second-order valence-electron chi connectivity index (χ2n) is 4.90. The van der Waals surface area contributed by atoms with Crippen molar-refractivity contribution in [3.05, 3.63) is 11.4 Å². The Labute approximate surface area is 122 Å². The van der Waals surface area contributed by atoms with Gasteiger partial charge in [-0.25, -0.2) is 0 Å². The summed E-state index contributed by atoms with van der Waals surface area (Å²) in [4.78, 5) is 25.2. The molecule has 8 heteroatoms. The van der Waals surface area contributed by atoms with Crippen LogP contribution in [0.2, 0.25) is 0 Å². The van der Waals surface area contributed by atoms with Crippen molar-refractivity contribution >= 4 is 17.6 Å². The largest absolute Gasteiger partial charge is 0.454 e. The summed E-state index contributed by atoms with van der Waals surface area (Å²) in [5.74, 6) is -0.721. The second kappa shape index (κ2) is 6.57. The Hall–Kier alpha value is -2.09. The molecule has 0 aliphatic carbocycles.